The van der Waals surface area contributed by atoms with Gasteiger partial charge in [-0.2, -0.15) is 0 Å². The predicted molar refractivity (Wildman–Crippen MR) is 83.3 cm³/mol. The highest BCUT2D eigenvalue weighted by atomic mass is 16.5. The van der Waals surface area contributed by atoms with E-state index < -0.39 is 0 Å². The van der Waals surface area contributed by atoms with Gasteiger partial charge >= 0.3 is 0 Å². The zero-order valence-corrected chi connectivity index (χ0v) is 13.4. The normalized spacial score (nSPS) is 13.2. The number of nitrogens with one attached hydrogen (secondary N) is 1. The molecule has 0 saturated heterocycles. The Morgan fingerprint density at radius 3 is 2.62 bits per heavy atom. The van der Waals surface area contributed by atoms with E-state index in [1.54, 1.807) is 7.11 Å². The Labute approximate surface area is 126 Å². The zero-order valence-electron chi connectivity index (χ0n) is 13.4. The van der Waals surface area contributed by atoms with Gasteiger partial charge in [-0.1, -0.05) is 23.4 Å². The van der Waals surface area contributed by atoms with E-state index >= 15 is 0 Å². The molecule has 1 aromatic carbocycles. The molecule has 1 heterocycles. The van der Waals surface area contributed by atoms with Crippen LogP contribution in [0.3, 0.4) is 0 Å². The largest absolute Gasteiger partial charge is 0.496 e. The van der Waals surface area contributed by atoms with Crippen LogP contribution in [0, 0.1) is 0 Å². The van der Waals surface area contributed by atoms with Crippen molar-refractivity contribution in [1.29, 1.82) is 0 Å². The number of rotatable bonds is 5. The monoisotopic (exact) mass is 288 g/mol. The molecule has 2 aromatic rings. The SMILES string of the molecule is COc1ccccc1C(C)NCc1cn(C(C)(C)C)nn1. The van der Waals surface area contributed by atoms with E-state index in [0.29, 0.717) is 6.54 Å². The summed E-state index contributed by atoms with van der Waals surface area (Å²) in [6, 6.07) is 8.22. The first-order valence-corrected chi connectivity index (χ1v) is 7.20. The second-order valence-corrected chi connectivity index (χ2v) is 6.17. The first-order chi connectivity index (χ1) is 9.91. The fourth-order valence-corrected chi connectivity index (χ4v) is 2.10. The Kier molecular flexibility index (Phi) is 4.63. The van der Waals surface area contributed by atoms with Gasteiger partial charge < -0.3 is 10.1 Å². The second kappa shape index (κ2) is 6.26. The van der Waals surface area contributed by atoms with Gasteiger partial charge in [0.25, 0.3) is 0 Å². The molecule has 0 bridgehead atoms. The van der Waals surface area contributed by atoms with Crippen LogP contribution in [-0.4, -0.2) is 22.1 Å². The average molecular weight is 288 g/mol. The number of benzene rings is 1. The molecule has 2 rings (SSSR count). The number of methoxy groups -OCH3 is 1. The maximum Gasteiger partial charge on any atom is 0.123 e. The quantitative estimate of drug-likeness (QED) is 0.919. The van der Waals surface area contributed by atoms with E-state index in [9.17, 15) is 0 Å². The van der Waals surface area contributed by atoms with Crippen LogP contribution in [0.25, 0.3) is 0 Å². The standard InChI is InChI=1S/C16H24N4O/c1-12(14-8-6-7-9-15(14)21-5)17-10-13-11-20(19-18-13)16(2,3)4/h6-9,11-12,17H,10H2,1-5H3. The minimum atomic E-state index is -0.0421. The second-order valence-electron chi connectivity index (χ2n) is 6.17. The Morgan fingerprint density at radius 1 is 1.29 bits per heavy atom. The number of ether oxygens (including phenoxy) is 1. The number of para-hydroxylation sites is 1. The maximum absolute atomic E-state index is 5.40. The Hall–Kier alpha value is -1.88. The average Bonchev–Trinajstić information content (AvgIpc) is 2.93. The van der Waals surface area contributed by atoms with Gasteiger partial charge in [-0.25, -0.2) is 4.68 Å². The lowest BCUT2D eigenvalue weighted by Crippen LogP contribution is -2.22. The van der Waals surface area contributed by atoms with Gasteiger partial charge in [0.1, 0.15) is 5.75 Å². The van der Waals surface area contributed by atoms with Crippen LogP contribution in [0.5, 0.6) is 5.75 Å². The molecule has 0 radical (unpaired) electrons. The van der Waals surface area contributed by atoms with Crippen LogP contribution in [0.15, 0.2) is 30.5 Å². The lowest BCUT2D eigenvalue weighted by Gasteiger charge is -2.18. The fraction of sp³-hybridized carbons (Fsp3) is 0.500. The molecular weight excluding hydrogens is 264 g/mol. The molecule has 5 heteroatoms. The van der Waals surface area contributed by atoms with Gasteiger partial charge in [0.2, 0.25) is 0 Å². The molecule has 21 heavy (non-hydrogen) atoms. The summed E-state index contributed by atoms with van der Waals surface area (Å²) >= 11 is 0. The van der Waals surface area contributed by atoms with E-state index in [2.05, 4.69) is 49.4 Å². The fourth-order valence-electron chi connectivity index (χ4n) is 2.10. The van der Waals surface area contributed by atoms with Crippen molar-refractivity contribution in [3.63, 3.8) is 0 Å². The van der Waals surface area contributed by atoms with Gasteiger partial charge in [-0.15, -0.1) is 5.10 Å². The highest BCUT2D eigenvalue weighted by molar-refractivity contribution is 5.35. The molecule has 1 aromatic heterocycles. The van der Waals surface area contributed by atoms with Crippen molar-refractivity contribution in [2.75, 3.05) is 7.11 Å². The highest BCUT2D eigenvalue weighted by Gasteiger charge is 2.16. The van der Waals surface area contributed by atoms with Crippen molar-refractivity contribution >= 4 is 0 Å². The number of hydrogen-bond donors (Lipinski definition) is 1. The van der Waals surface area contributed by atoms with E-state index in [0.717, 1.165) is 17.0 Å². The summed E-state index contributed by atoms with van der Waals surface area (Å²) in [6.45, 7) is 9.12. The van der Waals surface area contributed by atoms with E-state index in [-0.39, 0.29) is 11.6 Å². The molecule has 1 unspecified atom stereocenters. The molecule has 114 valence electrons. The molecular formula is C16H24N4O. The molecule has 0 saturated carbocycles. The molecule has 0 amide bonds. The third-order valence-corrected chi connectivity index (χ3v) is 3.42. The van der Waals surface area contributed by atoms with Gasteiger partial charge in [0, 0.05) is 18.2 Å². The van der Waals surface area contributed by atoms with Crippen molar-refractivity contribution < 1.29 is 4.74 Å². The van der Waals surface area contributed by atoms with Gasteiger partial charge in [0.05, 0.1) is 24.5 Å². The van der Waals surface area contributed by atoms with Crippen LogP contribution in [0.2, 0.25) is 0 Å². The summed E-state index contributed by atoms with van der Waals surface area (Å²) < 4.78 is 7.28. The number of aromatic nitrogens is 3. The summed E-state index contributed by atoms with van der Waals surface area (Å²) in [5.74, 6) is 0.899. The van der Waals surface area contributed by atoms with Crippen molar-refractivity contribution in [2.24, 2.45) is 0 Å². The molecule has 0 aliphatic rings. The van der Waals surface area contributed by atoms with Crippen molar-refractivity contribution in [2.45, 2.75) is 45.8 Å². The minimum absolute atomic E-state index is 0.0421. The first kappa shape index (κ1) is 15.5. The van der Waals surface area contributed by atoms with Crippen LogP contribution in [0.1, 0.15) is 45.0 Å². The van der Waals surface area contributed by atoms with Crippen LogP contribution < -0.4 is 10.1 Å². The lowest BCUT2D eigenvalue weighted by molar-refractivity contribution is 0.347. The third-order valence-electron chi connectivity index (χ3n) is 3.42. The number of nitrogens with zero attached hydrogens (tertiary/aromatic N) is 3. The summed E-state index contributed by atoms with van der Waals surface area (Å²) in [7, 11) is 1.69. The van der Waals surface area contributed by atoms with Gasteiger partial charge in [-0.05, 0) is 33.8 Å². The summed E-state index contributed by atoms with van der Waals surface area (Å²) in [5, 5.41) is 11.8. The van der Waals surface area contributed by atoms with Crippen molar-refractivity contribution in [1.82, 2.24) is 20.3 Å². The van der Waals surface area contributed by atoms with E-state index in [1.807, 2.05) is 29.1 Å². The Balaban J connectivity index is 2.01. The smallest absolute Gasteiger partial charge is 0.123 e. The van der Waals surface area contributed by atoms with Crippen LogP contribution in [-0.2, 0) is 12.1 Å². The maximum atomic E-state index is 5.40. The zero-order chi connectivity index (χ0) is 15.5. The molecule has 5 nitrogen and oxygen atoms in total. The molecule has 1 N–H and O–H groups in total. The lowest BCUT2D eigenvalue weighted by atomic mass is 10.1. The summed E-state index contributed by atoms with van der Waals surface area (Å²) in [6.07, 6.45) is 1.99. The predicted octanol–water partition coefficient (Wildman–Crippen LogP) is 2.89. The Bertz CT molecular complexity index is 586. The third kappa shape index (κ3) is 3.82. The van der Waals surface area contributed by atoms with E-state index in [4.69, 9.17) is 4.74 Å². The molecule has 0 spiro atoms. The number of hydrogen-bond acceptors (Lipinski definition) is 4. The Morgan fingerprint density at radius 2 is 2.00 bits per heavy atom. The topological polar surface area (TPSA) is 52.0 Å². The first-order valence-electron chi connectivity index (χ1n) is 7.20. The van der Waals surface area contributed by atoms with Crippen molar-refractivity contribution in [3.8, 4) is 5.75 Å². The highest BCUT2D eigenvalue weighted by Crippen LogP contribution is 2.24. The van der Waals surface area contributed by atoms with Crippen LogP contribution >= 0.6 is 0 Å². The van der Waals surface area contributed by atoms with Crippen molar-refractivity contribution in [3.05, 3.63) is 41.7 Å². The summed E-state index contributed by atoms with van der Waals surface area (Å²) in [5.41, 5.74) is 2.04. The summed E-state index contributed by atoms with van der Waals surface area (Å²) in [4.78, 5) is 0. The van der Waals surface area contributed by atoms with Gasteiger partial charge in [0.15, 0.2) is 0 Å². The molecule has 1 atom stereocenters. The van der Waals surface area contributed by atoms with Gasteiger partial charge in [-0.3, -0.25) is 0 Å². The van der Waals surface area contributed by atoms with Crippen LogP contribution in [0.4, 0.5) is 0 Å². The molecule has 0 fully saturated rings. The minimum Gasteiger partial charge on any atom is -0.496 e. The molecule has 0 aliphatic carbocycles. The van der Waals surface area contributed by atoms with E-state index in [1.165, 1.54) is 0 Å². The molecule has 0 aliphatic heterocycles.